The summed E-state index contributed by atoms with van der Waals surface area (Å²) in [6.07, 6.45) is 2.62. The SMILES string of the molecule is COc1ccc(C2C3=CCC4C(=O)N(c5ccc(N6CCOCC6)cc5)C(=O)C4C3CC3C(=O)N(c4ccccc4)C(=O)C32C)cc1O. The van der Waals surface area contributed by atoms with Crippen molar-refractivity contribution in [3.8, 4) is 11.5 Å². The van der Waals surface area contributed by atoms with Crippen LogP contribution in [-0.2, 0) is 23.9 Å². The van der Waals surface area contributed by atoms with Crippen molar-refractivity contribution in [2.45, 2.75) is 25.7 Å². The van der Waals surface area contributed by atoms with Gasteiger partial charge >= 0.3 is 0 Å². The van der Waals surface area contributed by atoms with Crippen LogP contribution in [0.2, 0.25) is 0 Å². The number of para-hydroxylation sites is 1. The van der Waals surface area contributed by atoms with E-state index in [0.717, 1.165) is 24.4 Å². The van der Waals surface area contributed by atoms with E-state index >= 15 is 0 Å². The third kappa shape index (κ3) is 4.35. The standard InChI is InChI=1S/C38H37N3O7/c1-38-29(35(44)41(37(38)46)24-6-4-3-5-7-24)21-28-26(33(38)22-8-15-31(47-2)30(42)20-22)13-14-27-32(28)36(45)40(34(27)43)25-11-9-23(10-12-25)39-16-18-48-19-17-39/h3-13,15,20,27-29,32-33,42H,14,16-19,21H2,1-2H3. The quantitative estimate of drug-likeness (QED) is 0.314. The molecule has 4 amide bonds. The van der Waals surface area contributed by atoms with Crippen LogP contribution in [0.25, 0.3) is 0 Å². The third-order valence-corrected chi connectivity index (χ3v) is 11.3. The second kappa shape index (κ2) is 11.3. The fourth-order valence-corrected chi connectivity index (χ4v) is 8.99. The Morgan fingerprint density at radius 3 is 2.19 bits per heavy atom. The predicted molar refractivity (Wildman–Crippen MR) is 178 cm³/mol. The molecule has 10 nitrogen and oxygen atoms in total. The summed E-state index contributed by atoms with van der Waals surface area (Å²) in [5.41, 5.74) is 2.35. The highest BCUT2D eigenvalue weighted by Gasteiger charge is 2.67. The van der Waals surface area contributed by atoms with Crippen molar-refractivity contribution in [3.63, 3.8) is 0 Å². The monoisotopic (exact) mass is 647 g/mol. The van der Waals surface area contributed by atoms with E-state index in [0.29, 0.717) is 36.6 Å². The molecule has 1 saturated carbocycles. The van der Waals surface area contributed by atoms with Gasteiger partial charge in [-0.25, -0.2) is 4.90 Å². The van der Waals surface area contributed by atoms with Gasteiger partial charge in [0.1, 0.15) is 0 Å². The predicted octanol–water partition coefficient (Wildman–Crippen LogP) is 4.67. The van der Waals surface area contributed by atoms with Crippen molar-refractivity contribution in [2.24, 2.45) is 29.1 Å². The topological polar surface area (TPSA) is 117 Å². The summed E-state index contributed by atoms with van der Waals surface area (Å²) < 4.78 is 10.8. The molecule has 0 radical (unpaired) electrons. The zero-order valence-corrected chi connectivity index (χ0v) is 26.9. The molecule has 3 saturated heterocycles. The highest BCUT2D eigenvalue weighted by Crippen LogP contribution is 2.64. The van der Waals surface area contributed by atoms with E-state index in [1.807, 2.05) is 49.4 Å². The number of phenols is 1. The molecule has 48 heavy (non-hydrogen) atoms. The summed E-state index contributed by atoms with van der Waals surface area (Å²) >= 11 is 0. The van der Waals surface area contributed by atoms with Gasteiger partial charge < -0.3 is 19.5 Å². The second-order valence-corrected chi connectivity index (χ2v) is 13.6. The fourth-order valence-electron chi connectivity index (χ4n) is 8.99. The molecule has 3 aromatic carbocycles. The van der Waals surface area contributed by atoms with Gasteiger partial charge in [-0.05, 0) is 79.8 Å². The average Bonchev–Trinajstić information content (AvgIpc) is 3.48. The molecule has 1 N–H and O–H groups in total. The summed E-state index contributed by atoms with van der Waals surface area (Å²) in [6.45, 7) is 4.69. The maximum absolute atomic E-state index is 14.5. The Hall–Kier alpha value is -4.96. The highest BCUT2D eigenvalue weighted by atomic mass is 16.5. The Balaban J connectivity index is 1.19. The normalized spacial score (nSPS) is 29.8. The number of fused-ring (bicyclic) bond motifs is 4. The molecule has 2 aliphatic carbocycles. The number of hydrogen-bond acceptors (Lipinski definition) is 8. The van der Waals surface area contributed by atoms with E-state index in [9.17, 15) is 24.3 Å². The number of morpholine rings is 1. The van der Waals surface area contributed by atoms with Crippen LogP contribution in [0.4, 0.5) is 17.1 Å². The third-order valence-electron chi connectivity index (χ3n) is 11.3. The maximum atomic E-state index is 14.5. The van der Waals surface area contributed by atoms with Gasteiger partial charge in [-0.15, -0.1) is 0 Å². The second-order valence-electron chi connectivity index (χ2n) is 13.6. The summed E-state index contributed by atoms with van der Waals surface area (Å²) in [5.74, 6) is -4.01. The van der Waals surface area contributed by atoms with Crippen LogP contribution >= 0.6 is 0 Å². The molecule has 3 heterocycles. The largest absolute Gasteiger partial charge is 0.504 e. The Kier molecular flexibility index (Phi) is 7.17. The molecule has 6 atom stereocenters. The van der Waals surface area contributed by atoms with Gasteiger partial charge in [-0.2, -0.15) is 0 Å². The first-order valence-corrected chi connectivity index (χ1v) is 16.5. The number of aromatic hydroxyl groups is 1. The molecule has 0 spiro atoms. The van der Waals surface area contributed by atoms with E-state index in [1.54, 1.807) is 36.4 Å². The number of rotatable bonds is 5. The van der Waals surface area contributed by atoms with E-state index in [2.05, 4.69) is 4.90 Å². The molecule has 246 valence electrons. The number of phenolic OH excluding ortho intramolecular Hbond substituents is 1. The van der Waals surface area contributed by atoms with Crippen LogP contribution in [0.5, 0.6) is 11.5 Å². The maximum Gasteiger partial charge on any atom is 0.241 e. The van der Waals surface area contributed by atoms with Gasteiger partial charge in [0.25, 0.3) is 0 Å². The minimum atomic E-state index is -1.19. The number of hydrogen-bond donors (Lipinski definition) is 1. The Morgan fingerprint density at radius 1 is 0.812 bits per heavy atom. The lowest BCUT2D eigenvalue weighted by molar-refractivity contribution is -0.131. The lowest BCUT2D eigenvalue weighted by atomic mass is 9.51. The van der Waals surface area contributed by atoms with Crippen molar-refractivity contribution < 1.29 is 33.8 Å². The van der Waals surface area contributed by atoms with Crippen molar-refractivity contribution in [2.75, 3.05) is 48.1 Å². The van der Waals surface area contributed by atoms with E-state index in [1.165, 1.54) is 16.9 Å². The fraction of sp³-hybridized carbons (Fsp3) is 0.368. The molecule has 3 aromatic rings. The van der Waals surface area contributed by atoms with Crippen LogP contribution in [0, 0.1) is 29.1 Å². The molecule has 0 bridgehead atoms. The number of benzene rings is 3. The number of amides is 4. The van der Waals surface area contributed by atoms with Crippen LogP contribution in [-0.4, -0.2) is 62.1 Å². The van der Waals surface area contributed by atoms with Crippen LogP contribution < -0.4 is 19.4 Å². The number of carbonyl (C=O) groups is 4. The minimum absolute atomic E-state index is 0.0814. The first-order chi connectivity index (χ1) is 23.2. The van der Waals surface area contributed by atoms with E-state index in [4.69, 9.17) is 9.47 Å². The zero-order chi connectivity index (χ0) is 33.3. The van der Waals surface area contributed by atoms with Gasteiger partial charge in [0.2, 0.25) is 23.6 Å². The smallest absolute Gasteiger partial charge is 0.241 e. The first-order valence-electron chi connectivity index (χ1n) is 16.5. The lowest BCUT2D eigenvalue weighted by Gasteiger charge is -2.49. The zero-order valence-electron chi connectivity index (χ0n) is 26.9. The molecule has 5 aliphatic rings. The molecule has 6 unspecified atom stereocenters. The number of methoxy groups -OCH3 is 1. The minimum Gasteiger partial charge on any atom is -0.504 e. The van der Waals surface area contributed by atoms with Gasteiger partial charge in [0.15, 0.2) is 11.5 Å². The average molecular weight is 648 g/mol. The van der Waals surface area contributed by atoms with E-state index < -0.39 is 35.0 Å². The Morgan fingerprint density at radius 2 is 1.50 bits per heavy atom. The van der Waals surface area contributed by atoms with Gasteiger partial charge in [-0.1, -0.05) is 35.9 Å². The van der Waals surface area contributed by atoms with Crippen LogP contribution in [0.15, 0.2) is 84.4 Å². The molecule has 4 fully saturated rings. The summed E-state index contributed by atoms with van der Waals surface area (Å²) in [5, 5.41) is 10.9. The van der Waals surface area contributed by atoms with Crippen molar-refractivity contribution in [1.82, 2.24) is 0 Å². The van der Waals surface area contributed by atoms with Gasteiger partial charge in [0.05, 0.1) is 54.9 Å². The summed E-state index contributed by atoms with van der Waals surface area (Å²) in [7, 11) is 1.47. The van der Waals surface area contributed by atoms with E-state index in [-0.39, 0.29) is 41.5 Å². The van der Waals surface area contributed by atoms with Crippen molar-refractivity contribution in [3.05, 3.63) is 90.0 Å². The van der Waals surface area contributed by atoms with Crippen LogP contribution in [0.1, 0.15) is 31.2 Å². The molecule has 10 heteroatoms. The number of anilines is 3. The highest BCUT2D eigenvalue weighted by molar-refractivity contribution is 6.25. The van der Waals surface area contributed by atoms with Crippen molar-refractivity contribution >= 4 is 40.7 Å². The lowest BCUT2D eigenvalue weighted by Crippen LogP contribution is -2.48. The number of nitrogens with zero attached hydrogens (tertiary/aromatic N) is 3. The molecular formula is C38H37N3O7. The molecule has 8 rings (SSSR count). The Labute approximate surface area is 278 Å². The van der Waals surface area contributed by atoms with Gasteiger partial charge in [-0.3, -0.25) is 24.1 Å². The number of imide groups is 2. The van der Waals surface area contributed by atoms with Crippen molar-refractivity contribution in [1.29, 1.82) is 0 Å². The number of ether oxygens (including phenoxy) is 2. The van der Waals surface area contributed by atoms with Crippen LogP contribution in [0.3, 0.4) is 0 Å². The Bertz CT molecular complexity index is 1850. The summed E-state index contributed by atoms with van der Waals surface area (Å²) in [6, 6.07) is 21.5. The first kappa shape index (κ1) is 30.4. The number of allylic oxidation sites excluding steroid dienone is 2. The summed E-state index contributed by atoms with van der Waals surface area (Å²) in [4.78, 5) is 62.0. The number of carbonyl (C=O) groups excluding carboxylic acids is 4. The molecule has 3 aliphatic heterocycles. The molecular weight excluding hydrogens is 610 g/mol. The molecule has 0 aromatic heterocycles. The van der Waals surface area contributed by atoms with Gasteiger partial charge in [0, 0.05) is 24.7 Å².